The molecule has 1 unspecified atom stereocenters. The van der Waals surface area contributed by atoms with E-state index in [0.717, 1.165) is 25.1 Å². The van der Waals surface area contributed by atoms with Gasteiger partial charge < -0.3 is 19.5 Å². The van der Waals surface area contributed by atoms with Crippen molar-refractivity contribution in [1.82, 2.24) is 20.4 Å². The van der Waals surface area contributed by atoms with Gasteiger partial charge in [-0.05, 0) is 24.5 Å². The maximum absolute atomic E-state index is 12.6. The van der Waals surface area contributed by atoms with Crippen LogP contribution in [0.3, 0.4) is 0 Å². The molecule has 1 saturated heterocycles. The number of halogens is 1. The Bertz CT molecular complexity index is 705. The predicted molar refractivity (Wildman–Crippen MR) is 99.1 cm³/mol. The molecular weight excluding hydrogens is 356 g/mol. The summed E-state index contributed by atoms with van der Waals surface area (Å²) in [6, 6.07) is 8.50. The van der Waals surface area contributed by atoms with Gasteiger partial charge in [-0.25, -0.2) is 0 Å². The molecule has 8 heteroatoms. The van der Waals surface area contributed by atoms with Gasteiger partial charge in [0.25, 0.3) is 5.89 Å². The van der Waals surface area contributed by atoms with Crippen LogP contribution in [-0.2, 0) is 22.6 Å². The molecule has 1 aromatic carbocycles. The Morgan fingerprint density at radius 3 is 2.81 bits per heavy atom. The largest absolute Gasteiger partial charge is 0.362 e. The zero-order valence-electron chi connectivity index (χ0n) is 15.1. The number of amides is 1. The van der Waals surface area contributed by atoms with Crippen molar-refractivity contribution in [2.24, 2.45) is 0 Å². The number of ether oxygens (including phenoxy) is 1. The third kappa shape index (κ3) is 5.03. The molecule has 2 aromatic rings. The van der Waals surface area contributed by atoms with Crippen LogP contribution in [0.4, 0.5) is 0 Å². The lowest BCUT2D eigenvalue weighted by molar-refractivity contribution is -0.140. The maximum atomic E-state index is 12.6. The summed E-state index contributed by atoms with van der Waals surface area (Å²) in [7, 11) is 0. The van der Waals surface area contributed by atoms with Gasteiger partial charge in [0.1, 0.15) is 13.2 Å². The zero-order chi connectivity index (χ0) is 17.6. The van der Waals surface area contributed by atoms with E-state index in [9.17, 15) is 4.79 Å². The van der Waals surface area contributed by atoms with Crippen LogP contribution in [0.2, 0.25) is 0 Å². The normalized spacial score (nSPS) is 17.0. The second kappa shape index (κ2) is 9.66. The van der Waals surface area contributed by atoms with Gasteiger partial charge in [-0.15, -0.1) is 12.4 Å². The Hall–Kier alpha value is -1.96. The third-order valence-corrected chi connectivity index (χ3v) is 4.36. The average molecular weight is 381 g/mol. The molecule has 2 heterocycles. The monoisotopic (exact) mass is 380 g/mol. The minimum Gasteiger partial charge on any atom is -0.362 e. The fourth-order valence-electron chi connectivity index (χ4n) is 2.98. The van der Waals surface area contributed by atoms with Crippen LogP contribution in [0.5, 0.6) is 0 Å². The number of nitrogens with zero attached hydrogens (tertiary/aromatic N) is 3. The number of carbonyl (C=O) groups is 1. The highest BCUT2D eigenvalue weighted by Crippen LogP contribution is 2.23. The van der Waals surface area contributed by atoms with Crippen LogP contribution >= 0.6 is 12.4 Å². The van der Waals surface area contributed by atoms with Crippen molar-refractivity contribution in [3.63, 3.8) is 0 Å². The molecule has 1 fully saturated rings. The van der Waals surface area contributed by atoms with E-state index in [1.807, 2.05) is 4.90 Å². The highest BCUT2D eigenvalue weighted by Gasteiger charge is 2.27. The van der Waals surface area contributed by atoms with Crippen LogP contribution < -0.4 is 5.32 Å². The number of carbonyl (C=O) groups excluding carboxylic acids is 1. The number of nitrogens with one attached hydrogen (secondary N) is 1. The Morgan fingerprint density at radius 1 is 1.38 bits per heavy atom. The summed E-state index contributed by atoms with van der Waals surface area (Å²) in [4.78, 5) is 18.6. The van der Waals surface area contributed by atoms with Crippen molar-refractivity contribution < 1.29 is 14.1 Å². The van der Waals surface area contributed by atoms with E-state index in [0.29, 0.717) is 18.3 Å². The SMILES string of the molecule is CCc1ccc(C2CNCCN2C(=O)COCc2nc(C)no2)cc1.Cl. The first-order valence-electron chi connectivity index (χ1n) is 8.63. The van der Waals surface area contributed by atoms with Crippen molar-refractivity contribution in [3.05, 3.63) is 47.1 Å². The first-order valence-corrected chi connectivity index (χ1v) is 8.63. The molecule has 26 heavy (non-hydrogen) atoms. The number of rotatable bonds is 6. The number of benzene rings is 1. The Morgan fingerprint density at radius 2 is 2.15 bits per heavy atom. The lowest BCUT2D eigenvalue weighted by Crippen LogP contribution is -2.49. The molecule has 1 aromatic heterocycles. The molecular formula is C18H25ClN4O3. The fourth-order valence-corrected chi connectivity index (χ4v) is 2.98. The van der Waals surface area contributed by atoms with E-state index in [-0.39, 0.29) is 37.6 Å². The molecule has 1 N–H and O–H groups in total. The van der Waals surface area contributed by atoms with Crippen LogP contribution in [0.25, 0.3) is 0 Å². The topological polar surface area (TPSA) is 80.5 Å². The van der Waals surface area contributed by atoms with Crippen molar-refractivity contribution in [1.29, 1.82) is 0 Å². The lowest BCUT2D eigenvalue weighted by atomic mass is 10.0. The molecule has 7 nitrogen and oxygen atoms in total. The summed E-state index contributed by atoms with van der Waals surface area (Å²) in [5, 5.41) is 7.06. The fraction of sp³-hybridized carbons (Fsp3) is 0.500. The summed E-state index contributed by atoms with van der Waals surface area (Å²) in [6.07, 6.45) is 1.01. The van der Waals surface area contributed by atoms with Gasteiger partial charge in [0.2, 0.25) is 5.91 Å². The standard InChI is InChI=1S/C18H24N4O3.ClH/c1-3-14-4-6-15(7-5-14)16-10-19-8-9-22(16)18(23)12-24-11-17-20-13(2)21-25-17;/h4-7,16,19H,3,8-12H2,1-2H3;1H. The van der Waals surface area contributed by atoms with Gasteiger partial charge in [-0.1, -0.05) is 36.3 Å². The summed E-state index contributed by atoms with van der Waals surface area (Å²) >= 11 is 0. The van der Waals surface area contributed by atoms with Crippen molar-refractivity contribution in [2.75, 3.05) is 26.2 Å². The smallest absolute Gasteiger partial charge is 0.252 e. The molecule has 1 atom stereocenters. The van der Waals surface area contributed by atoms with Gasteiger partial charge in [0.15, 0.2) is 5.82 Å². The second-order valence-electron chi connectivity index (χ2n) is 6.13. The molecule has 0 spiro atoms. The van der Waals surface area contributed by atoms with Gasteiger partial charge in [0, 0.05) is 19.6 Å². The van der Waals surface area contributed by atoms with E-state index in [1.165, 1.54) is 5.56 Å². The number of piperazine rings is 1. The van der Waals surface area contributed by atoms with Gasteiger partial charge in [-0.2, -0.15) is 4.98 Å². The molecule has 142 valence electrons. The van der Waals surface area contributed by atoms with Gasteiger partial charge in [-0.3, -0.25) is 4.79 Å². The Balaban J connectivity index is 0.00000243. The molecule has 0 radical (unpaired) electrons. The maximum Gasteiger partial charge on any atom is 0.252 e. The first kappa shape index (κ1) is 20.4. The minimum absolute atomic E-state index is 0. The number of hydrogen-bond acceptors (Lipinski definition) is 6. The Kier molecular flexibility index (Phi) is 7.56. The molecule has 0 saturated carbocycles. The summed E-state index contributed by atoms with van der Waals surface area (Å²) in [5.41, 5.74) is 2.44. The summed E-state index contributed by atoms with van der Waals surface area (Å²) < 4.78 is 10.4. The summed E-state index contributed by atoms with van der Waals surface area (Å²) in [5.74, 6) is 0.919. The zero-order valence-corrected chi connectivity index (χ0v) is 15.9. The van der Waals surface area contributed by atoms with E-state index in [1.54, 1.807) is 6.92 Å². The van der Waals surface area contributed by atoms with Gasteiger partial charge >= 0.3 is 0 Å². The first-order chi connectivity index (χ1) is 12.2. The third-order valence-electron chi connectivity index (χ3n) is 4.36. The summed E-state index contributed by atoms with van der Waals surface area (Å²) in [6.45, 7) is 6.24. The quantitative estimate of drug-likeness (QED) is 0.826. The molecule has 0 bridgehead atoms. The van der Waals surface area contributed by atoms with Crippen LogP contribution in [0, 0.1) is 6.92 Å². The van der Waals surface area contributed by atoms with E-state index in [4.69, 9.17) is 9.26 Å². The highest BCUT2D eigenvalue weighted by atomic mass is 35.5. The van der Waals surface area contributed by atoms with E-state index >= 15 is 0 Å². The molecule has 0 aliphatic carbocycles. The van der Waals surface area contributed by atoms with Crippen molar-refractivity contribution >= 4 is 18.3 Å². The predicted octanol–water partition coefficient (Wildman–Crippen LogP) is 2.05. The van der Waals surface area contributed by atoms with E-state index < -0.39 is 0 Å². The van der Waals surface area contributed by atoms with Gasteiger partial charge in [0.05, 0.1) is 6.04 Å². The second-order valence-corrected chi connectivity index (χ2v) is 6.13. The molecule has 3 rings (SSSR count). The van der Waals surface area contributed by atoms with Crippen LogP contribution in [-0.4, -0.2) is 47.2 Å². The number of aromatic nitrogens is 2. The molecule has 1 aliphatic rings. The average Bonchev–Trinajstić information content (AvgIpc) is 3.07. The van der Waals surface area contributed by atoms with Crippen molar-refractivity contribution in [2.45, 2.75) is 32.9 Å². The Labute approximate surface area is 159 Å². The molecule has 1 amide bonds. The number of aryl methyl sites for hydroxylation is 2. The number of hydrogen-bond donors (Lipinski definition) is 1. The van der Waals surface area contributed by atoms with E-state index in [2.05, 4.69) is 46.6 Å². The highest BCUT2D eigenvalue weighted by molar-refractivity contribution is 5.85. The van der Waals surface area contributed by atoms with Crippen molar-refractivity contribution in [3.8, 4) is 0 Å². The minimum atomic E-state index is -0.0256. The van der Waals surface area contributed by atoms with Crippen LogP contribution in [0.1, 0.15) is 35.8 Å². The lowest BCUT2D eigenvalue weighted by Gasteiger charge is -2.36. The molecule has 1 aliphatic heterocycles. The van der Waals surface area contributed by atoms with Crippen LogP contribution in [0.15, 0.2) is 28.8 Å².